The predicted molar refractivity (Wildman–Crippen MR) is 86.7 cm³/mol. The molecule has 4 heteroatoms. The van der Waals surface area contributed by atoms with Crippen molar-refractivity contribution >= 4 is 38.8 Å². The van der Waals surface area contributed by atoms with Crippen molar-refractivity contribution in [2.45, 2.75) is 6.04 Å². The van der Waals surface area contributed by atoms with Gasteiger partial charge in [-0.2, -0.15) is 0 Å². The number of rotatable bonds is 1. The van der Waals surface area contributed by atoms with Gasteiger partial charge in [0.15, 0.2) is 0 Å². The van der Waals surface area contributed by atoms with Crippen LogP contribution in [0.5, 0.6) is 0 Å². The van der Waals surface area contributed by atoms with Crippen LogP contribution < -0.4 is 10.6 Å². The minimum atomic E-state index is 0.217. The average Bonchev–Trinajstić information content (AvgIpc) is 2.60. The van der Waals surface area contributed by atoms with Crippen LogP contribution >= 0.6 is 28.1 Å². The quantitative estimate of drug-likeness (QED) is 0.775. The molecule has 1 aliphatic rings. The summed E-state index contributed by atoms with van der Waals surface area (Å²) < 4.78 is 1.09. The van der Waals surface area contributed by atoms with E-state index in [4.69, 9.17) is 12.2 Å². The summed E-state index contributed by atoms with van der Waals surface area (Å²) in [6.07, 6.45) is 0. The number of nitrogens with one attached hydrogen (secondary N) is 2. The van der Waals surface area contributed by atoms with Gasteiger partial charge < -0.3 is 10.6 Å². The molecule has 0 radical (unpaired) electrons. The molecule has 0 saturated heterocycles. The van der Waals surface area contributed by atoms with Crippen LogP contribution in [0.3, 0.4) is 0 Å². The number of hydrogen-bond donors (Lipinski definition) is 2. The number of hydrogen-bond acceptors (Lipinski definition) is 2. The Balaban J connectivity index is 1.94. The van der Waals surface area contributed by atoms with E-state index in [0.717, 1.165) is 27.3 Å². The van der Waals surface area contributed by atoms with Gasteiger partial charge in [0, 0.05) is 22.3 Å². The van der Waals surface area contributed by atoms with E-state index in [1.807, 2.05) is 18.2 Å². The molecule has 19 heavy (non-hydrogen) atoms. The molecule has 1 aliphatic heterocycles. The minimum Gasteiger partial charge on any atom is -0.376 e. The molecule has 0 bridgehead atoms. The van der Waals surface area contributed by atoms with Crippen molar-refractivity contribution in [1.82, 2.24) is 5.32 Å². The van der Waals surface area contributed by atoms with Crippen LogP contribution in [-0.4, -0.2) is 11.5 Å². The third-order valence-electron chi connectivity index (χ3n) is 3.24. The van der Waals surface area contributed by atoms with Gasteiger partial charge in [-0.3, -0.25) is 0 Å². The van der Waals surface area contributed by atoms with Crippen molar-refractivity contribution < 1.29 is 0 Å². The maximum Gasteiger partial charge on any atom is 0.108 e. The first kappa shape index (κ1) is 12.6. The summed E-state index contributed by atoms with van der Waals surface area (Å²) in [5.41, 5.74) is 3.40. The van der Waals surface area contributed by atoms with E-state index < -0.39 is 0 Å². The largest absolute Gasteiger partial charge is 0.376 e. The smallest absolute Gasteiger partial charge is 0.108 e. The Kier molecular flexibility index (Phi) is 3.53. The standard InChI is InChI=1S/C15H13BrN2S/c16-11-7-5-10(6-8-11)14-9-17-15(19)12-3-1-2-4-13(12)18-14/h1-8,14,18H,9H2,(H,17,19)/t14-/m1/s1. The van der Waals surface area contributed by atoms with Crippen LogP contribution in [-0.2, 0) is 0 Å². The fourth-order valence-electron chi connectivity index (χ4n) is 2.23. The SMILES string of the molecule is S=C1NC[C@H](c2ccc(Br)cc2)Nc2ccccc21. The molecule has 3 rings (SSSR count). The average molecular weight is 333 g/mol. The molecule has 0 aromatic heterocycles. The van der Waals surface area contributed by atoms with Crippen molar-refractivity contribution in [3.63, 3.8) is 0 Å². The molecule has 0 amide bonds. The van der Waals surface area contributed by atoms with Crippen molar-refractivity contribution in [2.24, 2.45) is 0 Å². The fourth-order valence-corrected chi connectivity index (χ4v) is 2.76. The van der Waals surface area contributed by atoms with Crippen LogP contribution in [0.1, 0.15) is 17.2 Å². The summed E-state index contributed by atoms with van der Waals surface area (Å²) in [7, 11) is 0. The zero-order chi connectivity index (χ0) is 13.2. The predicted octanol–water partition coefficient (Wildman–Crippen LogP) is 3.88. The molecule has 0 saturated carbocycles. The van der Waals surface area contributed by atoms with Crippen molar-refractivity contribution in [3.8, 4) is 0 Å². The Labute approximate surface area is 126 Å². The van der Waals surface area contributed by atoms with Crippen LogP contribution in [0.2, 0.25) is 0 Å². The van der Waals surface area contributed by atoms with Gasteiger partial charge in [-0.1, -0.05) is 52.4 Å². The van der Waals surface area contributed by atoms with E-state index in [-0.39, 0.29) is 6.04 Å². The van der Waals surface area contributed by atoms with E-state index in [1.54, 1.807) is 0 Å². The zero-order valence-corrected chi connectivity index (χ0v) is 12.6. The third-order valence-corrected chi connectivity index (χ3v) is 4.13. The Morgan fingerprint density at radius 2 is 1.79 bits per heavy atom. The number of fused-ring (bicyclic) bond motifs is 1. The normalized spacial score (nSPS) is 17.9. The van der Waals surface area contributed by atoms with Gasteiger partial charge in [-0.15, -0.1) is 0 Å². The van der Waals surface area contributed by atoms with Crippen LogP contribution in [0.25, 0.3) is 0 Å². The number of benzene rings is 2. The van der Waals surface area contributed by atoms with E-state index >= 15 is 0 Å². The maximum absolute atomic E-state index is 5.41. The molecule has 2 aromatic rings. The molecule has 2 N–H and O–H groups in total. The second-order valence-corrected chi connectivity index (χ2v) is 5.83. The number of para-hydroxylation sites is 1. The molecule has 2 aromatic carbocycles. The van der Waals surface area contributed by atoms with Crippen LogP contribution in [0.4, 0.5) is 5.69 Å². The number of anilines is 1. The molecule has 0 aliphatic carbocycles. The van der Waals surface area contributed by atoms with Gasteiger partial charge in [-0.25, -0.2) is 0 Å². The summed E-state index contributed by atoms with van der Waals surface area (Å²) in [6, 6.07) is 16.7. The summed E-state index contributed by atoms with van der Waals surface area (Å²) in [4.78, 5) is 0.808. The highest BCUT2D eigenvalue weighted by atomic mass is 79.9. The second-order valence-electron chi connectivity index (χ2n) is 4.50. The van der Waals surface area contributed by atoms with Gasteiger partial charge in [0.2, 0.25) is 0 Å². The summed E-state index contributed by atoms with van der Waals surface area (Å²) >= 11 is 8.88. The highest BCUT2D eigenvalue weighted by Gasteiger charge is 2.19. The van der Waals surface area contributed by atoms with Gasteiger partial charge in [0.25, 0.3) is 0 Å². The summed E-state index contributed by atoms with van der Waals surface area (Å²) in [6.45, 7) is 0.787. The molecule has 0 unspecified atom stereocenters. The molecular weight excluding hydrogens is 320 g/mol. The Bertz CT molecular complexity index is 610. The lowest BCUT2D eigenvalue weighted by Gasteiger charge is -2.18. The maximum atomic E-state index is 5.41. The lowest BCUT2D eigenvalue weighted by Crippen LogP contribution is -2.26. The molecule has 1 heterocycles. The third kappa shape index (κ3) is 2.65. The van der Waals surface area contributed by atoms with Gasteiger partial charge >= 0.3 is 0 Å². The van der Waals surface area contributed by atoms with Crippen molar-refractivity contribution in [2.75, 3.05) is 11.9 Å². The van der Waals surface area contributed by atoms with Crippen LogP contribution in [0.15, 0.2) is 53.0 Å². The van der Waals surface area contributed by atoms with E-state index in [0.29, 0.717) is 0 Å². The first-order valence-electron chi connectivity index (χ1n) is 6.13. The highest BCUT2D eigenvalue weighted by Crippen LogP contribution is 2.26. The molecule has 2 nitrogen and oxygen atoms in total. The van der Waals surface area contributed by atoms with E-state index in [9.17, 15) is 0 Å². The summed E-state index contributed by atoms with van der Waals surface area (Å²) in [5.74, 6) is 0. The molecule has 0 fully saturated rings. The van der Waals surface area contributed by atoms with Gasteiger partial charge in [-0.05, 0) is 29.8 Å². The Hall–Kier alpha value is -1.39. The first-order chi connectivity index (χ1) is 9.24. The van der Waals surface area contributed by atoms with E-state index in [1.165, 1.54) is 5.56 Å². The lowest BCUT2D eigenvalue weighted by molar-refractivity contribution is 0.746. The first-order valence-corrected chi connectivity index (χ1v) is 7.33. The van der Waals surface area contributed by atoms with Crippen molar-refractivity contribution in [3.05, 3.63) is 64.1 Å². The van der Waals surface area contributed by atoms with Crippen LogP contribution in [0, 0.1) is 0 Å². The molecular formula is C15H13BrN2S. The van der Waals surface area contributed by atoms with Gasteiger partial charge in [0.1, 0.15) is 4.99 Å². The number of thiocarbonyl (C=S) groups is 1. The Morgan fingerprint density at radius 3 is 2.58 bits per heavy atom. The molecule has 96 valence electrons. The molecule has 0 spiro atoms. The van der Waals surface area contributed by atoms with Crippen molar-refractivity contribution in [1.29, 1.82) is 0 Å². The monoisotopic (exact) mass is 332 g/mol. The zero-order valence-electron chi connectivity index (χ0n) is 10.2. The second kappa shape index (κ2) is 5.31. The Morgan fingerprint density at radius 1 is 1.05 bits per heavy atom. The lowest BCUT2D eigenvalue weighted by atomic mass is 10.1. The fraction of sp³-hybridized carbons (Fsp3) is 0.133. The summed E-state index contributed by atoms with van der Waals surface area (Å²) in [5, 5.41) is 6.88. The van der Waals surface area contributed by atoms with E-state index in [2.05, 4.69) is 56.9 Å². The topological polar surface area (TPSA) is 24.1 Å². The van der Waals surface area contributed by atoms with Gasteiger partial charge in [0.05, 0.1) is 6.04 Å². The molecule has 1 atom stereocenters. The minimum absolute atomic E-state index is 0.217. The number of halogens is 1. The highest BCUT2D eigenvalue weighted by molar-refractivity contribution is 9.10.